The monoisotopic (exact) mass is 388 g/mol. The van der Waals surface area contributed by atoms with E-state index in [0.717, 1.165) is 13.1 Å². The Balaban J connectivity index is 1.68. The average molecular weight is 389 g/mol. The van der Waals surface area contributed by atoms with Crippen molar-refractivity contribution in [2.75, 3.05) is 38.5 Å². The first-order valence-corrected chi connectivity index (χ1v) is 9.56. The van der Waals surface area contributed by atoms with E-state index in [1.54, 1.807) is 24.3 Å². The molecule has 1 aliphatic rings. The van der Waals surface area contributed by atoms with Gasteiger partial charge in [0.1, 0.15) is 0 Å². The number of amides is 2. The van der Waals surface area contributed by atoms with Crippen molar-refractivity contribution >= 4 is 46.2 Å². The van der Waals surface area contributed by atoms with Crippen molar-refractivity contribution in [3.8, 4) is 0 Å². The van der Waals surface area contributed by atoms with Gasteiger partial charge in [-0.1, -0.05) is 18.2 Å². The van der Waals surface area contributed by atoms with Crippen LogP contribution in [0, 0.1) is 0 Å². The van der Waals surface area contributed by atoms with Crippen molar-refractivity contribution in [2.24, 2.45) is 0 Å². The number of carbonyl (C=O) groups excluding carboxylic acids is 2. The van der Waals surface area contributed by atoms with E-state index in [0.29, 0.717) is 29.2 Å². The molecule has 0 radical (unpaired) electrons. The molecule has 1 fully saturated rings. The third-order valence-electron chi connectivity index (χ3n) is 4.17. The molecule has 2 amide bonds. The molecule has 6 nitrogen and oxygen atoms in total. The van der Waals surface area contributed by atoms with Crippen LogP contribution in [0.1, 0.15) is 20.0 Å². The van der Waals surface area contributed by atoms with E-state index in [1.165, 1.54) is 11.3 Å². The molecule has 0 aliphatic carbocycles. The van der Waals surface area contributed by atoms with Crippen molar-refractivity contribution in [1.82, 2.24) is 15.1 Å². The second-order valence-electron chi connectivity index (χ2n) is 6.03. The molecule has 0 spiro atoms. The molecule has 3 rings (SSSR count). The summed E-state index contributed by atoms with van der Waals surface area (Å²) in [5.74, 6) is -0.297. The van der Waals surface area contributed by atoms with Crippen molar-refractivity contribution < 1.29 is 9.59 Å². The number of benzene rings is 1. The zero-order valence-electron chi connectivity index (χ0n) is 14.4. The van der Waals surface area contributed by atoms with E-state index in [-0.39, 0.29) is 16.9 Å². The summed E-state index contributed by atoms with van der Waals surface area (Å²) in [6.45, 7) is 3.11. The molecule has 0 unspecified atom stereocenters. The van der Waals surface area contributed by atoms with Gasteiger partial charge in [-0.05, 0) is 42.8 Å². The Morgan fingerprint density at radius 1 is 1.08 bits per heavy atom. The van der Waals surface area contributed by atoms with Gasteiger partial charge >= 0.3 is 0 Å². The van der Waals surface area contributed by atoms with Crippen molar-refractivity contribution in [3.05, 3.63) is 52.2 Å². The Morgan fingerprint density at radius 2 is 1.81 bits per heavy atom. The Morgan fingerprint density at radius 3 is 2.50 bits per heavy atom. The Bertz CT molecular complexity index is 799. The summed E-state index contributed by atoms with van der Waals surface area (Å²) in [6, 6.07) is 10.7. The Kier molecular flexibility index (Phi) is 5.97. The van der Waals surface area contributed by atoms with Crippen LogP contribution in [0.15, 0.2) is 41.8 Å². The lowest BCUT2D eigenvalue weighted by Gasteiger charge is -2.32. The number of nitrogens with zero attached hydrogens (tertiary/aromatic N) is 2. The lowest BCUT2D eigenvalue weighted by molar-refractivity contribution is 0.0665. The number of piperazine rings is 1. The van der Waals surface area contributed by atoms with E-state index < -0.39 is 0 Å². The van der Waals surface area contributed by atoms with Crippen LogP contribution in [0.5, 0.6) is 0 Å². The third-order valence-corrected chi connectivity index (χ3v) is 5.24. The maximum absolute atomic E-state index is 12.9. The lowest BCUT2D eigenvalue weighted by Crippen LogP contribution is -2.47. The third kappa shape index (κ3) is 4.46. The van der Waals surface area contributed by atoms with Crippen LogP contribution in [0.3, 0.4) is 0 Å². The highest BCUT2D eigenvalue weighted by atomic mass is 32.1. The summed E-state index contributed by atoms with van der Waals surface area (Å²) < 4.78 is 0. The number of thiocarbonyl (C=S) groups is 1. The number of carbonyl (C=O) groups is 2. The number of rotatable bonds is 3. The Hall–Kier alpha value is -2.29. The Labute approximate surface area is 161 Å². The summed E-state index contributed by atoms with van der Waals surface area (Å²) >= 11 is 6.58. The van der Waals surface area contributed by atoms with Gasteiger partial charge in [-0.2, -0.15) is 0 Å². The summed E-state index contributed by atoms with van der Waals surface area (Å²) in [6.07, 6.45) is 0. The average Bonchev–Trinajstić information content (AvgIpc) is 3.17. The smallest absolute Gasteiger partial charge is 0.267 e. The van der Waals surface area contributed by atoms with E-state index in [9.17, 15) is 9.59 Å². The highest BCUT2D eigenvalue weighted by molar-refractivity contribution is 7.80. The van der Waals surface area contributed by atoms with Gasteiger partial charge in [-0.25, -0.2) is 0 Å². The molecule has 136 valence electrons. The summed E-state index contributed by atoms with van der Waals surface area (Å²) in [4.78, 5) is 29.6. The molecule has 1 aromatic heterocycles. The van der Waals surface area contributed by atoms with E-state index >= 15 is 0 Å². The molecule has 2 heterocycles. The molecule has 1 aromatic carbocycles. The molecule has 0 atom stereocenters. The van der Waals surface area contributed by atoms with E-state index in [4.69, 9.17) is 12.2 Å². The topological polar surface area (TPSA) is 64.7 Å². The first-order valence-electron chi connectivity index (χ1n) is 8.27. The van der Waals surface area contributed by atoms with Gasteiger partial charge in [0.15, 0.2) is 5.11 Å². The van der Waals surface area contributed by atoms with Crippen LogP contribution in [0.2, 0.25) is 0 Å². The zero-order valence-corrected chi connectivity index (χ0v) is 16.0. The predicted octanol–water partition coefficient (Wildman–Crippen LogP) is 2.26. The normalized spacial score (nSPS) is 14.7. The molecular formula is C18H20N4O2S2. The largest absolute Gasteiger partial charge is 0.336 e. The molecule has 2 aromatic rings. The molecule has 2 N–H and O–H groups in total. The maximum Gasteiger partial charge on any atom is 0.267 e. The second-order valence-corrected chi connectivity index (χ2v) is 7.38. The van der Waals surface area contributed by atoms with Crippen LogP contribution < -0.4 is 10.6 Å². The summed E-state index contributed by atoms with van der Waals surface area (Å²) in [5.41, 5.74) is 1.14. The molecular weight excluding hydrogens is 368 g/mol. The van der Waals surface area contributed by atoms with Crippen molar-refractivity contribution in [1.29, 1.82) is 0 Å². The van der Waals surface area contributed by atoms with Gasteiger partial charge in [0.25, 0.3) is 11.8 Å². The fourth-order valence-electron chi connectivity index (χ4n) is 2.68. The standard InChI is InChI=1S/C18H20N4O2S2/c1-21-8-10-22(11-9-21)17(24)13-5-2-3-6-14(13)19-18(25)20-16(23)15-7-4-12-26-15/h2-7,12H,8-11H2,1H3,(H2,19,20,23,25). The highest BCUT2D eigenvalue weighted by Crippen LogP contribution is 2.18. The minimum absolute atomic E-state index is 0.0337. The maximum atomic E-state index is 12.9. The van der Waals surface area contributed by atoms with Gasteiger partial charge in [0.2, 0.25) is 0 Å². The van der Waals surface area contributed by atoms with E-state index in [2.05, 4.69) is 15.5 Å². The van der Waals surface area contributed by atoms with Gasteiger partial charge < -0.3 is 15.1 Å². The molecule has 0 bridgehead atoms. The molecule has 1 aliphatic heterocycles. The van der Waals surface area contributed by atoms with Crippen molar-refractivity contribution in [2.45, 2.75) is 0 Å². The fraction of sp³-hybridized carbons (Fsp3) is 0.278. The van der Waals surface area contributed by atoms with Crippen LogP contribution >= 0.6 is 23.6 Å². The number of hydrogen-bond acceptors (Lipinski definition) is 5. The molecule has 8 heteroatoms. The number of likely N-dealkylation sites (N-methyl/N-ethyl adjacent to an activating group) is 1. The van der Waals surface area contributed by atoms with Crippen LogP contribution in [0.25, 0.3) is 0 Å². The van der Waals surface area contributed by atoms with Gasteiger partial charge in [-0.3, -0.25) is 14.9 Å². The lowest BCUT2D eigenvalue weighted by atomic mass is 10.1. The van der Waals surface area contributed by atoms with Crippen LogP contribution in [-0.4, -0.2) is 60.0 Å². The van der Waals surface area contributed by atoms with Gasteiger partial charge in [-0.15, -0.1) is 11.3 Å². The fourth-order valence-corrected chi connectivity index (χ4v) is 3.51. The second kappa shape index (κ2) is 8.39. The minimum Gasteiger partial charge on any atom is -0.336 e. The summed E-state index contributed by atoms with van der Waals surface area (Å²) in [7, 11) is 2.05. The predicted molar refractivity (Wildman–Crippen MR) is 108 cm³/mol. The first kappa shape index (κ1) is 18.5. The van der Waals surface area contributed by atoms with E-state index in [1.807, 2.05) is 29.5 Å². The highest BCUT2D eigenvalue weighted by Gasteiger charge is 2.22. The molecule has 0 saturated carbocycles. The van der Waals surface area contributed by atoms with Gasteiger partial charge in [0.05, 0.1) is 16.1 Å². The first-order chi connectivity index (χ1) is 12.5. The van der Waals surface area contributed by atoms with Crippen molar-refractivity contribution in [3.63, 3.8) is 0 Å². The number of hydrogen-bond donors (Lipinski definition) is 2. The quantitative estimate of drug-likeness (QED) is 0.790. The summed E-state index contributed by atoms with van der Waals surface area (Å²) in [5, 5.41) is 7.62. The molecule has 1 saturated heterocycles. The number of nitrogens with one attached hydrogen (secondary N) is 2. The van der Waals surface area contributed by atoms with Gasteiger partial charge in [0, 0.05) is 26.2 Å². The van der Waals surface area contributed by atoms with Crippen LogP contribution in [0.4, 0.5) is 5.69 Å². The number of anilines is 1. The molecule has 26 heavy (non-hydrogen) atoms. The number of para-hydroxylation sites is 1. The SMILES string of the molecule is CN1CCN(C(=O)c2ccccc2NC(=S)NC(=O)c2cccs2)CC1. The number of thiophene rings is 1. The zero-order chi connectivity index (χ0) is 18.5. The minimum atomic E-state index is -0.264. The van der Waals surface area contributed by atoms with Crippen LogP contribution in [-0.2, 0) is 0 Å².